The number of aromatic nitrogens is 2. The van der Waals surface area contributed by atoms with Gasteiger partial charge in [-0.25, -0.2) is 4.39 Å². The van der Waals surface area contributed by atoms with E-state index in [4.69, 9.17) is 11.6 Å². The summed E-state index contributed by atoms with van der Waals surface area (Å²) in [6.07, 6.45) is 4.64. The van der Waals surface area contributed by atoms with Crippen LogP contribution in [0, 0.1) is 23.6 Å². The Kier molecular flexibility index (Phi) is 4.58. The molecule has 0 saturated heterocycles. The zero-order valence-corrected chi connectivity index (χ0v) is 16.9. The lowest BCUT2D eigenvalue weighted by Gasteiger charge is -2.22. The van der Waals surface area contributed by atoms with Crippen molar-refractivity contribution in [3.8, 4) is 0 Å². The van der Waals surface area contributed by atoms with Crippen LogP contribution in [-0.2, 0) is 0 Å². The molecule has 1 unspecified atom stereocenters. The third-order valence-electron chi connectivity index (χ3n) is 6.73. The molecule has 29 heavy (non-hydrogen) atoms. The molecule has 0 bridgehead atoms. The molecule has 2 aliphatic rings. The summed E-state index contributed by atoms with van der Waals surface area (Å²) in [6, 6.07) is 12.5. The van der Waals surface area contributed by atoms with Gasteiger partial charge in [-0.3, -0.25) is 9.48 Å². The van der Waals surface area contributed by atoms with Gasteiger partial charge in [0.25, 0.3) is 5.91 Å². The number of benzene rings is 2. The van der Waals surface area contributed by atoms with Crippen LogP contribution in [0.4, 0.5) is 4.39 Å². The second kappa shape index (κ2) is 7.13. The van der Waals surface area contributed by atoms with E-state index in [1.807, 2.05) is 10.7 Å². The number of rotatable bonds is 5. The third-order valence-corrected chi connectivity index (χ3v) is 6.98. The highest BCUT2D eigenvalue weighted by molar-refractivity contribution is 6.30. The number of carbonyl (C=O) groups is 1. The van der Waals surface area contributed by atoms with Gasteiger partial charge in [-0.15, -0.1) is 0 Å². The molecule has 1 aromatic heterocycles. The minimum Gasteiger partial charge on any atom is -0.349 e. The summed E-state index contributed by atoms with van der Waals surface area (Å²) in [6.45, 7) is 2.12. The maximum absolute atomic E-state index is 14.3. The summed E-state index contributed by atoms with van der Waals surface area (Å²) in [5.74, 6) is 1.39. The average molecular weight is 412 g/mol. The van der Waals surface area contributed by atoms with Gasteiger partial charge < -0.3 is 5.32 Å². The average Bonchev–Trinajstić information content (AvgIpc) is 3.08. The SMILES string of the molecule is CCC(NC(=O)c1ccc(Cl)cc1)[C@H]1[C@@H]2C[C@@H](n3ncc4cccc(F)c43)C[C@@H]21. The molecule has 3 aromatic rings. The van der Waals surface area contributed by atoms with Crippen molar-refractivity contribution >= 4 is 28.4 Å². The highest BCUT2D eigenvalue weighted by atomic mass is 35.5. The van der Waals surface area contributed by atoms with Crippen molar-refractivity contribution in [3.63, 3.8) is 0 Å². The molecule has 150 valence electrons. The Labute approximate surface area is 174 Å². The Morgan fingerprint density at radius 3 is 2.66 bits per heavy atom. The van der Waals surface area contributed by atoms with Gasteiger partial charge in [0.05, 0.1) is 12.2 Å². The molecular weight excluding hydrogens is 389 g/mol. The number of nitrogens with zero attached hydrogens (tertiary/aromatic N) is 2. The topological polar surface area (TPSA) is 46.9 Å². The molecular formula is C23H23ClFN3O. The van der Waals surface area contributed by atoms with Gasteiger partial charge in [-0.1, -0.05) is 30.7 Å². The standard InChI is InChI=1S/C23H23ClFN3O/c1-2-20(27-23(29)13-6-8-15(24)9-7-13)21-17-10-16(11-18(17)21)28-22-14(12-26-28)4-3-5-19(22)25/h3-9,12,16-18,20-21H,2,10-11H2,1H3,(H,27,29)/t16-,17-,18+,20?,21+. The van der Waals surface area contributed by atoms with Crippen molar-refractivity contribution in [1.82, 2.24) is 15.1 Å². The molecule has 0 aliphatic heterocycles. The predicted molar refractivity (Wildman–Crippen MR) is 111 cm³/mol. The summed E-state index contributed by atoms with van der Waals surface area (Å²) in [7, 11) is 0. The Bertz CT molecular complexity index is 1050. The van der Waals surface area contributed by atoms with Crippen LogP contribution < -0.4 is 5.32 Å². The molecule has 2 aromatic carbocycles. The van der Waals surface area contributed by atoms with Crippen LogP contribution in [0.15, 0.2) is 48.7 Å². The van der Waals surface area contributed by atoms with Crippen LogP contribution in [0.1, 0.15) is 42.6 Å². The van der Waals surface area contributed by atoms with E-state index in [2.05, 4.69) is 17.3 Å². The van der Waals surface area contributed by atoms with Crippen molar-refractivity contribution in [2.45, 2.75) is 38.3 Å². The Morgan fingerprint density at radius 2 is 1.97 bits per heavy atom. The number of carbonyl (C=O) groups excluding carboxylic acids is 1. The first-order valence-corrected chi connectivity index (χ1v) is 10.6. The van der Waals surface area contributed by atoms with Crippen molar-refractivity contribution < 1.29 is 9.18 Å². The molecule has 2 aliphatic carbocycles. The van der Waals surface area contributed by atoms with Crippen LogP contribution in [0.3, 0.4) is 0 Å². The smallest absolute Gasteiger partial charge is 0.251 e. The molecule has 2 saturated carbocycles. The van der Waals surface area contributed by atoms with E-state index in [9.17, 15) is 9.18 Å². The number of fused-ring (bicyclic) bond motifs is 2. The Hall–Kier alpha value is -2.40. The molecule has 6 heteroatoms. The first kappa shape index (κ1) is 18.6. The first-order valence-electron chi connectivity index (χ1n) is 10.2. The summed E-state index contributed by atoms with van der Waals surface area (Å²) in [4.78, 5) is 12.6. The molecule has 1 heterocycles. The van der Waals surface area contributed by atoms with Gasteiger partial charge >= 0.3 is 0 Å². The van der Waals surface area contributed by atoms with Crippen LogP contribution in [0.2, 0.25) is 5.02 Å². The van der Waals surface area contributed by atoms with E-state index in [1.165, 1.54) is 6.07 Å². The summed E-state index contributed by atoms with van der Waals surface area (Å²) < 4.78 is 16.2. The van der Waals surface area contributed by atoms with Gasteiger partial charge in [0.1, 0.15) is 11.3 Å². The van der Waals surface area contributed by atoms with Crippen molar-refractivity contribution in [3.05, 3.63) is 65.1 Å². The maximum Gasteiger partial charge on any atom is 0.251 e. The zero-order valence-electron chi connectivity index (χ0n) is 16.2. The molecule has 0 spiro atoms. The van der Waals surface area contributed by atoms with Crippen molar-refractivity contribution in [2.24, 2.45) is 17.8 Å². The monoisotopic (exact) mass is 411 g/mol. The van der Waals surface area contributed by atoms with Gasteiger partial charge in [0.15, 0.2) is 0 Å². The van der Waals surface area contributed by atoms with Gasteiger partial charge in [0, 0.05) is 22.0 Å². The fourth-order valence-electron chi connectivity index (χ4n) is 5.32. The largest absolute Gasteiger partial charge is 0.349 e. The van der Waals surface area contributed by atoms with Crippen LogP contribution in [0.5, 0.6) is 0 Å². The molecule has 1 N–H and O–H groups in total. The second-order valence-electron chi connectivity index (χ2n) is 8.29. The summed E-state index contributed by atoms with van der Waals surface area (Å²) in [5.41, 5.74) is 1.24. The summed E-state index contributed by atoms with van der Waals surface area (Å²) in [5, 5.41) is 9.17. The molecule has 4 nitrogen and oxygen atoms in total. The maximum atomic E-state index is 14.3. The summed E-state index contributed by atoms with van der Waals surface area (Å²) >= 11 is 5.91. The quantitative estimate of drug-likeness (QED) is 0.624. The highest BCUT2D eigenvalue weighted by Gasteiger charge is 2.59. The molecule has 5 rings (SSSR count). The third kappa shape index (κ3) is 3.21. The van der Waals surface area contributed by atoms with Gasteiger partial charge in [0.2, 0.25) is 0 Å². The molecule has 2 fully saturated rings. The molecule has 0 radical (unpaired) electrons. The molecule has 1 amide bonds. The number of halogens is 2. The number of hydrogen-bond donors (Lipinski definition) is 1. The van der Waals surface area contributed by atoms with E-state index in [-0.39, 0.29) is 23.8 Å². The predicted octanol–water partition coefficient (Wildman–Crippen LogP) is 5.23. The van der Waals surface area contributed by atoms with Crippen LogP contribution in [-0.4, -0.2) is 21.7 Å². The van der Waals surface area contributed by atoms with Gasteiger partial charge in [-0.05, 0) is 67.3 Å². The molecule has 5 atom stereocenters. The minimum absolute atomic E-state index is 0.0461. The lowest BCUT2D eigenvalue weighted by atomic mass is 9.99. The first-order chi connectivity index (χ1) is 14.1. The number of hydrogen-bond acceptors (Lipinski definition) is 2. The lowest BCUT2D eigenvalue weighted by Crippen LogP contribution is -2.37. The number of para-hydroxylation sites is 1. The van der Waals surface area contributed by atoms with E-state index in [1.54, 1.807) is 36.5 Å². The van der Waals surface area contributed by atoms with E-state index in [0.29, 0.717) is 33.9 Å². The van der Waals surface area contributed by atoms with E-state index >= 15 is 0 Å². The zero-order chi connectivity index (χ0) is 20.1. The van der Waals surface area contributed by atoms with Gasteiger partial charge in [-0.2, -0.15) is 5.10 Å². The highest BCUT2D eigenvalue weighted by Crippen LogP contribution is 2.62. The number of nitrogens with one attached hydrogen (secondary N) is 1. The second-order valence-corrected chi connectivity index (χ2v) is 8.73. The minimum atomic E-state index is -0.209. The lowest BCUT2D eigenvalue weighted by molar-refractivity contribution is 0.0926. The van der Waals surface area contributed by atoms with Crippen molar-refractivity contribution in [2.75, 3.05) is 0 Å². The Morgan fingerprint density at radius 1 is 1.24 bits per heavy atom. The van der Waals surface area contributed by atoms with E-state index in [0.717, 1.165) is 24.6 Å². The Balaban J connectivity index is 1.26. The van der Waals surface area contributed by atoms with E-state index < -0.39 is 0 Å². The van der Waals surface area contributed by atoms with Crippen LogP contribution >= 0.6 is 11.6 Å². The van der Waals surface area contributed by atoms with Crippen LogP contribution in [0.25, 0.3) is 10.9 Å². The fraction of sp³-hybridized carbons (Fsp3) is 0.391. The fourth-order valence-corrected chi connectivity index (χ4v) is 5.45. The normalized spacial score (nSPS) is 26.3. The van der Waals surface area contributed by atoms with Crippen molar-refractivity contribution in [1.29, 1.82) is 0 Å². The number of amides is 1.